The van der Waals surface area contributed by atoms with Gasteiger partial charge in [-0.3, -0.25) is 14.3 Å². The molecule has 0 aromatic carbocycles. The smallest absolute Gasteiger partial charge is 0.312 e. The molecular weight excluding hydrogens is 370 g/mol. The number of hydrogen-bond donors (Lipinski definition) is 1. The lowest BCUT2D eigenvalue weighted by molar-refractivity contribution is -0.135. The highest BCUT2D eigenvalue weighted by molar-refractivity contribution is 7.91. The number of rotatable bonds is 2. The third-order valence-electron chi connectivity index (χ3n) is 5.40. The van der Waals surface area contributed by atoms with Gasteiger partial charge in [0.05, 0.1) is 35.2 Å². The molecule has 2 aromatic rings. The van der Waals surface area contributed by atoms with E-state index in [2.05, 4.69) is 10.1 Å². The van der Waals surface area contributed by atoms with E-state index < -0.39 is 21.7 Å². The second-order valence-electron chi connectivity index (χ2n) is 7.38. The molecule has 0 aliphatic carbocycles. The summed E-state index contributed by atoms with van der Waals surface area (Å²) in [7, 11) is -3.05. The van der Waals surface area contributed by atoms with Crippen LogP contribution >= 0.6 is 0 Å². The topological polar surface area (TPSA) is 111 Å². The summed E-state index contributed by atoms with van der Waals surface area (Å²) in [6.07, 6.45) is 0.572. The van der Waals surface area contributed by atoms with Gasteiger partial charge in [0, 0.05) is 28.9 Å². The van der Waals surface area contributed by atoms with E-state index in [1.165, 1.54) is 0 Å². The Morgan fingerprint density at radius 2 is 1.96 bits per heavy atom. The number of fused-ring (bicyclic) bond motifs is 1. The minimum atomic E-state index is -3.05. The van der Waals surface area contributed by atoms with Crippen LogP contribution in [0.4, 0.5) is 0 Å². The van der Waals surface area contributed by atoms with Gasteiger partial charge < -0.3 is 9.72 Å². The summed E-state index contributed by atoms with van der Waals surface area (Å²) in [5, 5.41) is 4.57. The van der Waals surface area contributed by atoms with Crippen LogP contribution in [0.25, 0.3) is 0 Å². The lowest BCUT2D eigenvalue weighted by Crippen LogP contribution is -2.29. The standard InChI is InChI=1S/C18H21N3O5S/c1-9-6-14-17(18(23)19-9)13(7-15(22)26-14)16-10(2)20-21(11(16)3)12-4-5-27(24,25)8-12/h6,12-13H,4-5,7-8H2,1-3H3,(H,19,23). The number of nitrogens with one attached hydrogen (secondary N) is 1. The van der Waals surface area contributed by atoms with E-state index in [-0.39, 0.29) is 35.3 Å². The van der Waals surface area contributed by atoms with Crippen molar-refractivity contribution in [3.63, 3.8) is 0 Å². The van der Waals surface area contributed by atoms with E-state index in [9.17, 15) is 18.0 Å². The SMILES string of the molecule is Cc1cc2c(c(=O)[nH]1)C(c1c(C)nn(C3CCS(=O)(=O)C3)c1C)CC(=O)O2. The molecule has 0 radical (unpaired) electrons. The zero-order valence-corrected chi connectivity index (χ0v) is 16.2. The van der Waals surface area contributed by atoms with Crippen LogP contribution in [0.3, 0.4) is 0 Å². The van der Waals surface area contributed by atoms with E-state index in [1.54, 1.807) is 17.7 Å². The Morgan fingerprint density at radius 1 is 1.22 bits per heavy atom. The molecule has 2 atom stereocenters. The van der Waals surface area contributed by atoms with Gasteiger partial charge in [-0.1, -0.05) is 0 Å². The minimum Gasteiger partial charge on any atom is -0.426 e. The van der Waals surface area contributed by atoms with Crippen molar-refractivity contribution in [2.45, 2.75) is 45.6 Å². The number of H-pyrrole nitrogens is 1. The molecule has 0 bridgehead atoms. The predicted molar refractivity (Wildman–Crippen MR) is 97.9 cm³/mol. The van der Waals surface area contributed by atoms with Gasteiger partial charge in [-0.2, -0.15) is 5.10 Å². The summed E-state index contributed by atoms with van der Waals surface area (Å²) in [6, 6.07) is 1.44. The molecule has 144 valence electrons. The quantitative estimate of drug-likeness (QED) is 0.773. The molecule has 1 N–H and O–H groups in total. The van der Waals surface area contributed by atoms with Crippen molar-refractivity contribution in [2.24, 2.45) is 0 Å². The molecule has 2 aliphatic heterocycles. The highest BCUT2D eigenvalue weighted by Gasteiger charge is 2.37. The van der Waals surface area contributed by atoms with Crippen LogP contribution in [-0.2, 0) is 14.6 Å². The van der Waals surface area contributed by atoms with Gasteiger partial charge in [0.1, 0.15) is 5.75 Å². The predicted octanol–water partition coefficient (Wildman–Crippen LogP) is 1.30. The summed E-state index contributed by atoms with van der Waals surface area (Å²) in [6.45, 7) is 5.42. The van der Waals surface area contributed by atoms with Gasteiger partial charge in [0.2, 0.25) is 0 Å². The fraction of sp³-hybridized carbons (Fsp3) is 0.500. The van der Waals surface area contributed by atoms with Gasteiger partial charge in [0.15, 0.2) is 9.84 Å². The number of aromatic amines is 1. The molecule has 4 rings (SSSR count). The van der Waals surface area contributed by atoms with E-state index in [1.807, 2.05) is 13.8 Å². The monoisotopic (exact) mass is 391 g/mol. The number of aromatic nitrogens is 3. The lowest BCUT2D eigenvalue weighted by atomic mass is 9.85. The van der Waals surface area contributed by atoms with E-state index >= 15 is 0 Å². The van der Waals surface area contributed by atoms with Crippen molar-refractivity contribution >= 4 is 15.8 Å². The van der Waals surface area contributed by atoms with Crippen molar-refractivity contribution in [3.05, 3.63) is 44.6 Å². The third kappa shape index (κ3) is 2.99. The van der Waals surface area contributed by atoms with Crippen LogP contribution < -0.4 is 10.3 Å². The molecule has 0 spiro atoms. The first-order valence-electron chi connectivity index (χ1n) is 8.87. The zero-order chi connectivity index (χ0) is 19.5. The van der Waals surface area contributed by atoms with Crippen LogP contribution in [0.15, 0.2) is 10.9 Å². The lowest BCUT2D eigenvalue weighted by Gasteiger charge is -2.24. The maximum atomic E-state index is 12.6. The van der Waals surface area contributed by atoms with Crippen LogP contribution in [0, 0.1) is 20.8 Å². The second kappa shape index (κ2) is 6.05. The zero-order valence-electron chi connectivity index (χ0n) is 15.4. The molecular formula is C18H21N3O5S. The Morgan fingerprint density at radius 3 is 2.63 bits per heavy atom. The van der Waals surface area contributed by atoms with Crippen LogP contribution in [0.1, 0.15) is 53.0 Å². The van der Waals surface area contributed by atoms with Gasteiger partial charge in [-0.25, -0.2) is 8.42 Å². The third-order valence-corrected chi connectivity index (χ3v) is 7.15. The molecule has 2 aromatic heterocycles. The first-order valence-corrected chi connectivity index (χ1v) is 10.7. The number of ether oxygens (including phenoxy) is 1. The summed E-state index contributed by atoms with van der Waals surface area (Å²) in [5.74, 6) is -0.349. The number of sulfone groups is 1. The fourth-order valence-corrected chi connectivity index (χ4v) is 5.96. The first-order chi connectivity index (χ1) is 12.7. The fourth-order valence-electron chi connectivity index (χ4n) is 4.27. The van der Waals surface area contributed by atoms with Crippen LogP contribution in [0.5, 0.6) is 5.75 Å². The van der Waals surface area contributed by atoms with Gasteiger partial charge in [-0.15, -0.1) is 0 Å². The van der Waals surface area contributed by atoms with Crippen LogP contribution in [0.2, 0.25) is 0 Å². The summed E-state index contributed by atoms with van der Waals surface area (Å²) in [4.78, 5) is 27.5. The number of pyridine rings is 1. The van der Waals surface area contributed by atoms with Gasteiger partial charge in [-0.05, 0) is 27.2 Å². The maximum absolute atomic E-state index is 12.6. The molecule has 1 fully saturated rings. The molecule has 9 heteroatoms. The van der Waals surface area contributed by atoms with Gasteiger partial charge >= 0.3 is 5.97 Å². The Hall–Kier alpha value is -2.42. The number of carbonyl (C=O) groups is 1. The number of esters is 1. The molecule has 0 saturated carbocycles. The van der Waals surface area contributed by atoms with Crippen molar-refractivity contribution in [3.8, 4) is 5.75 Å². The summed E-state index contributed by atoms with van der Waals surface area (Å²) >= 11 is 0. The number of aryl methyl sites for hydroxylation is 2. The molecule has 0 amide bonds. The molecule has 2 aliphatic rings. The van der Waals surface area contributed by atoms with E-state index in [0.29, 0.717) is 23.4 Å². The van der Waals surface area contributed by atoms with Crippen molar-refractivity contribution < 1.29 is 17.9 Å². The average molecular weight is 391 g/mol. The Kier molecular flexibility index (Phi) is 4.03. The number of nitrogens with zero attached hydrogens (tertiary/aromatic N) is 2. The summed E-state index contributed by atoms with van der Waals surface area (Å²) < 4.78 is 30.7. The number of carbonyl (C=O) groups excluding carboxylic acids is 1. The second-order valence-corrected chi connectivity index (χ2v) is 9.60. The van der Waals surface area contributed by atoms with Crippen molar-refractivity contribution in [2.75, 3.05) is 11.5 Å². The Balaban J connectivity index is 1.84. The molecule has 8 nitrogen and oxygen atoms in total. The van der Waals surface area contributed by atoms with Crippen molar-refractivity contribution in [1.29, 1.82) is 0 Å². The van der Waals surface area contributed by atoms with Crippen LogP contribution in [-0.4, -0.2) is 40.7 Å². The Bertz CT molecular complexity index is 1110. The van der Waals surface area contributed by atoms with Crippen molar-refractivity contribution in [1.82, 2.24) is 14.8 Å². The number of hydrogen-bond acceptors (Lipinski definition) is 6. The first kappa shape index (κ1) is 18.0. The molecule has 2 unspecified atom stereocenters. The Labute approximate surface area is 156 Å². The van der Waals surface area contributed by atoms with Gasteiger partial charge in [0.25, 0.3) is 5.56 Å². The highest BCUT2D eigenvalue weighted by Crippen LogP contribution is 2.40. The van der Waals surface area contributed by atoms with E-state index in [0.717, 1.165) is 11.3 Å². The normalized spacial score (nSPS) is 23.9. The van der Waals surface area contributed by atoms with E-state index in [4.69, 9.17) is 4.74 Å². The largest absolute Gasteiger partial charge is 0.426 e. The minimum absolute atomic E-state index is 0.0511. The maximum Gasteiger partial charge on any atom is 0.312 e. The highest BCUT2D eigenvalue weighted by atomic mass is 32.2. The average Bonchev–Trinajstić information content (AvgIpc) is 3.04. The molecule has 1 saturated heterocycles. The molecule has 4 heterocycles. The molecule has 27 heavy (non-hydrogen) atoms. The summed E-state index contributed by atoms with van der Waals surface area (Å²) in [5.41, 5.74) is 3.05.